The number of ether oxygens (including phenoxy) is 1. The zero-order valence-electron chi connectivity index (χ0n) is 16.2. The molecule has 0 atom stereocenters. The average Bonchev–Trinajstić information content (AvgIpc) is 2.72. The topological polar surface area (TPSA) is 109 Å². The minimum Gasteiger partial charge on any atom is -0.484 e. The van der Waals surface area contributed by atoms with E-state index in [2.05, 4.69) is 37.4 Å². The van der Waals surface area contributed by atoms with E-state index in [9.17, 15) is 14.4 Å². The predicted molar refractivity (Wildman–Crippen MR) is 121 cm³/mol. The van der Waals surface area contributed by atoms with Gasteiger partial charge in [-0.05, 0) is 67.2 Å². The first kappa shape index (κ1) is 23.3. The van der Waals surface area contributed by atoms with Gasteiger partial charge in [0.05, 0.1) is 0 Å². The lowest BCUT2D eigenvalue weighted by molar-refractivity contribution is -0.121. The molecule has 30 heavy (non-hydrogen) atoms. The number of hydrogen-bond acceptors (Lipinski definition) is 5. The number of hydrazine groups is 1. The number of nitrogens with one attached hydrogen (secondary N) is 4. The number of rotatable bonds is 7. The molecule has 0 saturated heterocycles. The van der Waals surface area contributed by atoms with Crippen molar-refractivity contribution in [2.75, 3.05) is 11.9 Å². The molecule has 2 aromatic carbocycles. The highest BCUT2D eigenvalue weighted by molar-refractivity contribution is 9.10. The number of benzene rings is 2. The van der Waals surface area contributed by atoms with Crippen molar-refractivity contribution in [2.45, 2.75) is 19.8 Å². The standard InChI is InChI=1S/C20H21BrN4O4S/c1-2-3-17(26)22-15-8-4-13(5-9-15)19(28)24-25-20(30)23-18(27)12-29-16-10-6-14(21)7-11-16/h4-11H,2-3,12H2,1H3,(H,22,26)(H,24,28)(H2,23,25,27,30). The van der Waals surface area contributed by atoms with Gasteiger partial charge < -0.3 is 10.1 Å². The van der Waals surface area contributed by atoms with Crippen LogP contribution in [-0.4, -0.2) is 29.4 Å². The number of halogens is 1. The lowest BCUT2D eigenvalue weighted by Crippen LogP contribution is -2.49. The van der Waals surface area contributed by atoms with E-state index in [4.69, 9.17) is 17.0 Å². The third-order valence-electron chi connectivity index (χ3n) is 3.63. The van der Waals surface area contributed by atoms with E-state index in [1.165, 1.54) is 0 Å². The lowest BCUT2D eigenvalue weighted by atomic mass is 10.2. The van der Waals surface area contributed by atoms with Crippen LogP contribution >= 0.6 is 28.1 Å². The van der Waals surface area contributed by atoms with Crippen LogP contribution in [0.15, 0.2) is 53.0 Å². The number of carbonyl (C=O) groups is 3. The molecule has 0 aromatic heterocycles. The van der Waals surface area contributed by atoms with E-state index in [-0.39, 0.29) is 17.6 Å². The summed E-state index contributed by atoms with van der Waals surface area (Å²) in [5.41, 5.74) is 5.79. The molecule has 0 bridgehead atoms. The van der Waals surface area contributed by atoms with E-state index in [1.54, 1.807) is 48.5 Å². The van der Waals surface area contributed by atoms with Gasteiger partial charge in [-0.25, -0.2) is 0 Å². The molecule has 0 unspecified atom stereocenters. The SMILES string of the molecule is CCCC(=O)Nc1ccc(C(=O)NNC(=S)NC(=O)COc2ccc(Br)cc2)cc1. The zero-order valence-corrected chi connectivity index (χ0v) is 18.6. The van der Waals surface area contributed by atoms with Crippen molar-refractivity contribution in [3.05, 3.63) is 58.6 Å². The van der Waals surface area contributed by atoms with E-state index in [1.807, 2.05) is 6.92 Å². The van der Waals surface area contributed by atoms with Gasteiger partial charge in [0.2, 0.25) is 5.91 Å². The Morgan fingerprint density at radius 1 is 0.967 bits per heavy atom. The first-order valence-electron chi connectivity index (χ1n) is 9.06. The van der Waals surface area contributed by atoms with Gasteiger partial charge in [-0.3, -0.25) is 30.6 Å². The summed E-state index contributed by atoms with van der Waals surface area (Å²) in [5, 5.41) is 5.06. The molecule has 0 aliphatic heterocycles. The van der Waals surface area contributed by atoms with Crippen molar-refractivity contribution >= 4 is 56.7 Å². The molecule has 3 amide bonds. The Bertz CT molecular complexity index is 904. The monoisotopic (exact) mass is 492 g/mol. The quantitative estimate of drug-likeness (QED) is 0.349. The molecule has 0 fully saturated rings. The maximum absolute atomic E-state index is 12.1. The van der Waals surface area contributed by atoms with Crippen molar-refractivity contribution in [1.82, 2.24) is 16.2 Å². The molecule has 10 heteroatoms. The van der Waals surface area contributed by atoms with Crippen LogP contribution in [0.2, 0.25) is 0 Å². The fourth-order valence-electron chi connectivity index (χ4n) is 2.21. The van der Waals surface area contributed by atoms with Crippen molar-refractivity contribution in [1.29, 1.82) is 0 Å². The molecule has 8 nitrogen and oxygen atoms in total. The van der Waals surface area contributed by atoms with Crippen LogP contribution < -0.4 is 26.2 Å². The lowest BCUT2D eigenvalue weighted by Gasteiger charge is -2.12. The Kier molecular flexibility index (Phi) is 9.23. The Balaban J connectivity index is 1.72. The third-order valence-corrected chi connectivity index (χ3v) is 4.37. The van der Waals surface area contributed by atoms with Crippen molar-refractivity contribution in [3.63, 3.8) is 0 Å². The van der Waals surface area contributed by atoms with Gasteiger partial charge in [0.25, 0.3) is 11.8 Å². The van der Waals surface area contributed by atoms with E-state index >= 15 is 0 Å². The van der Waals surface area contributed by atoms with Gasteiger partial charge in [0.15, 0.2) is 11.7 Å². The minimum atomic E-state index is -0.475. The summed E-state index contributed by atoms with van der Waals surface area (Å²) in [6.45, 7) is 1.69. The van der Waals surface area contributed by atoms with E-state index < -0.39 is 11.8 Å². The maximum atomic E-state index is 12.1. The molecular formula is C20H21BrN4O4S. The second-order valence-corrected chi connectivity index (χ2v) is 7.40. The van der Waals surface area contributed by atoms with Gasteiger partial charge in [-0.1, -0.05) is 22.9 Å². The van der Waals surface area contributed by atoms with Gasteiger partial charge in [-0.15, -0.1) is 0 Å². The van der Waals surface area contributed by atoms with Gasteiger partial charge in [0, 0.05) is 22.1 Å². The summed E-state index contributed by atoms with van der Waals surface area (Å²) in [5.74, 6) is -0.475. The first-order valence-corrected chi connectivity index (χ1v) is 10.3. The summed E-state index contributed by atoms with van der Waals surface area (Å²) in [6, 6.07) is 13.4. The number of thiocarbonyl (C=S) groups is 1. The number of carbonyl (C=O) groups excluding carboxylic acids is 3. The summed E-state index contributed by atoms with van der Waals surface area (Å²) >= 11 is 8.28. The summed E-state index contributed by atoms with van der Waals surface area (Å²) < 4.78 is 6.23. The van der Waals surface area contributed by atoms with Crippen LogP contribution in [0, 0.1) is 0 Å². The van der Waals surface area contributed by atoms with Crippen LogP contribution in [0.4, 0.5) is 5.69 Å². The molecule has 158 valence electrons. The van der Waals surface area contributed by atoms with Crippen molar-refractivity contribution in [3.8, 4) is 5.75 Å². The van der Waals surface area contributed by atoms with Crippen molar-refractivity contribution < 1.29 is 19.1 Å². The van der Waals surface area contributed by atoms with Crippen LogP contribution in [0.25, 0.3) is 0 Å². The van der Waals surface area contributed by atoms with Gasteiger partial charge in [-0.2, -0.15) is 0 Å². The Morgan fingerprint density at radius 2 is 1.63 bits per heavy atom. The molecule has 0 aliphatic rings. The third kappa shape index (κ3) is 8.18. The van der Waals surface area contributed by atoms with Crippen molar-refractivity contribution in [2.24, 2.45) is 0 Å². The molecule has 4 N–H and O–H groups in total. The van der Waals surface area contributed by atoms with Crippen LogP contribution in [-0.2, 0) is 9.59 Å². The molecule has 0 heterocycles. The summed E-state index contributed by atoms with van der Waals surface area (Å²) in [6.07, 6.45) is 1.19. The Hall–Kier alpha value is -2.98. The molecular weight excluding hydrogens is 472 g/mol. The Morgan fingerprint density at radius 3 is 2.27 bits per heavy atom. The largest absolute Gasteiger partial charge is 0.484 e. The Labute approximate surface area is 187 Å². The normalized spacial score (nSPS) is 9.93. The summed E-state index contributed by atoms with van der Waals surface area (Å²) in [4.78, 5) is 35.6. The summed E-state index contributed by atoms with van der Waals surface area (Å²) in [7, 11) is 0. The van der Waals surface area contributed by atoms with Gasteiger partial charge in [0.1, 0.15) is 5.75 Å². The number of hydrogen-bond donors (Lipinski definition) is 4. The number of amides is 3. The highest BCUT2D eigenvalue weighted by Crippen LogP contribution is 2.15. The minimum absolute atomic E-state index is 0.0730. The zero-order chi connectivity index (χ0) is 21.9. The highest BCUT2D eigenvalue weighted by Gasteiger charge is 2.09. The molecule has 0 radical (unpaired) electrons. The molecule has 0 spiro atoms. The van der Waals surface area contributed by atoms with Crippen LogP contribution in [0.1, 0.15) is 30.1 Å². The first-order chi connectivity index (χ1) is 14.4. The number of anilines is 1. The van der Waals surface area contributed by atoms with E-state index in [0.29, 0.717) is 23.4 Å². The fraction of sp³-hybridized carbons (Fsp3) is 0.200. The molecule has 0 saturated carbocycles. The molecule has 2 aromatic rings. The van der Waals surface area contributed by atoms with Crippen LogP contribution in [0.5, 0.6) is 5.75 Å². The molecule has 2 rings (SSSR count). The second kappa shape index (κ2) is 11.9. The van der Waals surface area contributed by atoms with Crippen LogP contribution in [0.3, 0.4) is 0 Å². The smallest absolute Gasteiger partial charge is 0.269 e. The fourth-order valence-corrected chi connectivity index (χ4v) is 2.64. The van der Waals surface area contributed by atoms with Gasteiger partial charge >= 0.3 is 0 Å². The maximum Gasteiger partial charge on any atom is 0.269 e. The highest BCUT2D eigenvalue weighted by atomic mass is 79.9. The molecule has 0 aliphatic carbocycles. The second-order valence-electron chi connectivity index (χ2n) is 6.07. The average molecular weight is 493 g/mol. The predicted octanol–water partition coefficient (Wildman–Crippen LogP) is 2.90. The van der Waals surface area contributed by atoms with E-state index in [0.717, 1.165) is 10.9 Å².